The molecule has 2 heterocycles. The van der Waals surface area contributed by atoms with Gasteiger partial charge in [0.05, 0.1) is 0 Å². The van der Waals surface area contributed by atoms with Crippen molar-refractivity contribution in [3.05, 3.63) is 11.6 Å². The number of rotatable bonds is 3. The van der Waals surface area contributed by atoms with Gasteiger partial charge in [0.2, 0.25) is 16.4 Å². The van der Waals surface area contributed by atoms with Crippen LogP contribution in [0.4, 0.5) is 5.95 Å². The van der Waals surface area contributed by atoms with Gasteiger partial charge in [0.15, 0.2) is 5.16 Å². The fourth-order valence-electron chi connectivity index (χ4n) is 0.949. The first-order valence-electron chi connectivity index (χ1n) is 4.30. The van der Waals surface area contributed by atoms with Crippen LogP contribution in [-0.2, 0) is 7.05 Å². The molecule has 0 spiro atoms. The number of aromatic nitrogens is 6. The number of hydrogen-bond donors (Lipinski definition) is 1. The monoisotopic (exact) mass is 257 g/mol. The molecule has 2 aromatic heterocycles. The maximum atomic E-state index is 5.75. The summed E-state index contributed by atoms with van der Waals surface area (Å²) in [5.74, 6) is 0.421. The molecule has 16 heavy (non-hydrogen) atoms. The Labute approximate surface area is 101 Å². The van der Waals surface area contributed by atoms with Crippen LogP contribution in [0.3, 0.4) is 0 Å². The number of aryl methyl sites for hydroxylation is 1. The van der Waals surface area contributed by atoms with Crippen molar-refractivity contribution in [2.24, 2.45) is 7.05 Å². The van der Waals surface area contributed by atoms with Crippen molar-refractivity contribution in [3.8, 4) is 0 Å². The Kier molecular flexibility index (Phi) is 3.20. The second kappa shape index (κ2) is 4.62. The van der Waals surface area contributed by atoms with E-state index in [2.05, 4.69) is 30.4 Å². The Hall–Kier alpha value is -1.41. The number of nitrogens with zero attached hydrogens (tertiary/aromatic N) is 6. The molecule has 0 aliphatic heterocycles. The van der Waals surface area contributed by atoms with Crippen LogP contribution in [0.2, 0.25) is 5.28 Å². The SMILES string of the molecule is CNc1nc(Cl)nc(Sc2ncnn2C)n1. The normalized spacial score (nSPS) is 10.4. The summed E-state index contributed by atoms with van der Waals surface area (Å²) in [7, 11) is 3.50. The molecular formula is C7H8ClN7S. The van der Waals surface area contributed by atoms with E-state index in [4.69, 9.17) is 11.6 Å². The molecule has 7 nitrogen and oxygen atoms in total. The zero-order valence-corrected chi connectivity index (χ0v) is 10.1. The van der Waals surface area contributed by atoms with Gasteiger partial charge in [-0.05, 0) is 23.4 Å². The van der Waals surface area contributed by atoms with Gasteiger partial charge in [0, 0.05) is 14.1 Å². The van der Waals surface area contributed by atoms with Gasteiger partial charge in [-0.2, -0.15) is 20.1 Å². The van der Waals surface area contributed by atoms with Crippen LogP contribution in [0, 0.1) is 0 Å². The van der Waals surface area contributed by atoms with Crippen molar-refractivity contribution in [1.29, 1.82) is 0 Å². The molecule has 0 saturated heterocycles. The second-order valence-electron chi connectivity index (χ2n) is 2.73. The first-order valence-corrected chi connectivity index (χ1v) is 5.49. The average molecular weight is 258 g/mol. The highest BCUT2D eigenvalue weighted by Gasteiger charge is 2.09. The predicted molar refractivity (Wildman–Crippen MR) is 59.5 cm³/mol. The molecule has 0 amide bonds. The molecule has 1 N–H and O–H groups in total. The quantitative estimate of drug-likeness (QED) is 0.873. The van der Waals surface area contributed by atoms with Crippen molar-refractivity contribution >= 4 is 29.3 Å². The number of hydrogen-bond acceptors (Lipinski definition) is 7. The third-order valence-corrected chi connectivity index (χ3v) is 2.75. The van der Waals surface area contributed by atoms with Gasteiger partial charge < -0.3 is 5.32 Å². The summed E-state index contributed by atoms with van der Waals surface area (Å²) < 4.78 is 1.63. The Morgan fingerprint density at radius 1 is 1.38 bits per heavy atom. The fourth-order valence-corrected chi connectivity index (χ4v) is 1.87. The Morgan fingerprint density at radius 2 is 2.19 bits per heavy atom. The largest absolute Gasteiger partial charge is 0.357 e. The molecule has 84 valence electrons. The minimum atomic E-state index is 0.143. The second-order valence-corrected chi connectivity index (χ2v) is 4.00. The van der Waals surface area contributed by atoms with E-state index in [-0.39, 0.29) is 5.28 Å². The van der Waals surface area contributed by atoms with Crippen LogP contribution in [0.15, 0.2) is 16.6 Å². The summed E-state index contributed by atoms with van der Waals surface area (Å²) in [5, 5.41) is 8.04. The van der Waals surface area contributed by atoms with Crippen LogP contribution >= 0.6 is 23.4 Å². The Balaban J connectivity index is 2.28. The molecule has 0 aliphatic rings. The smallest absolute Gasteiger partial charge is 0.228 e. The molecule has 0 radical (unpaired) electrons. The summed E-state index contributed by atoms with van der Waals surface area (Å²) in [6, 6.07) is 0. The van der Waals surface area contributed by atoms with Crippen molar-refractivity contribution in [2.75, 3.05) is 12.4 Å². The minimum Gasteiger partial charge on any atom is -0.357 e. The maximum Gasteiger partial charge on any atom is 0.228 e. The van der Waals surface area contributed by atoms with Gasteiger partial charge in [-0.1, -0.05) is 0 Å². The van der Waals surface area contributed by atoms with Crippen LogP contribution in [0.1, 0.15) is 0 Å². The molecule has 0 aromatic carbocycles. The van der Waals surface area contributed by atoms with E-state index in [0.717, 1.165) is 0 Å². The molecular weight excluding hydrogens is 250 g/mol. The summed E-state index contributed by atoms with van der Waals surface area (Å²) in [4.78, 5) is 16.0. The summed E-state index contributed by atoms with van der Waals surface area (Å²) in [6.45, 7) is 0. The standard InChI is InChI=1S/C7H8ClN7S/c1-9-5-12-4(8)13-6(14-5)16-7-10-3-11-15(7)2/h3H,1-2H3,(H,9,12,13,14). The van der Waals surface area contributed by atoms with E-state index in [9.17, 15) is 0 Å². The van der Waals surface area contributed by atoms with E-state index in [1.54, 1.807) is 18.8 Å². The lowest BCUT2D eigenvalue weighted by atomic mass is 10.9. The summed E-state index contributed by atoms with van der Waals surface area (Å²) in [5.41, 5.74) is 0. The number of anilines is 1. The molecule has 2 rings (SSSR count). The van der Waals surface area contributed by atoms with Gasteiger partial charge in [0.1, 0.15) is 6.33 Å². The Morgan fingerprint density at radius 3 is 2.81 bits per heavy atom. The highest BCUT2D eigenvalue weighted by molar-refractivity contribution is 7.99. The van der Waals surface area contributed by atoms with Gasteiger partial charge >= 0.3 is 0 Å². The van der Waals surface area contributed by atoms with E-state index in [1.165, 1.54) is 18.1 Å². The van der Waals surface area contributed by atoms with Gasteiger partial charge in [-0.3, -0.25) is 0 Å². The summed E-state index contributed by atoms with van der Waals surface area (Å²) >= 11 is 7.02. The van der Waals surface area contributed by atoms with E-state index in [1.807, 2.05) is 0 Å². The van der Waals surface area contributed by atoms with Gasteiger partial charge in [-0.15, -0.1) is 0 Å². The third-order valence-electron chi connectivity index (χ3n) is 1.66. The zero-order valence-electron chi connectivity index (χ0n) is 8.55. The first-order chi connectivity index (χ1) is 7.69. The van der Waals surface area contributed by atoms with Crippen molar-refractivity contribution in [2.45, 2.75) is 10.3 Å². The predicted octanol–water partition coefficient (Wildman–Crippen LogP) is 0.846. The van der Waals surface area contributed by atoms with Crippen molar-refractivity contribution in [3.63, 3.8) is 0 Å². The van der Waals surface area contributed by atoms with Crippen LogP contribution in [0.25, 0.3) is 0 Å². The fraction of sp³-hybridized carbons (Fsp3) is 0.286. The zero-order chi connectivity index (χ0) is 11.5. The number of nitrogens with one attached hydrogen (secondary N) is 1. The first kappa shape index (κ1) is 11.1. The average Bonchev–Trinajstić information content (AvgIpc) is 2.63. The van der Waals surface area contributed by atoms with E-state index >= 15 is 0 Å². The van der Waals surface area contributed by atoms with E-state index < -0.39 is 0 Å². The lowest BCUT2D eigenvalue weighted by Gasteiger charge is -2.02. The lowest BCUT2D eigenvalue weighted by molar-refractivity contribution is 0.683. The van der Waals surface area contributed by atoms with Crippen LogP contribution in [-0.4, -0.2) is 36.8 Å². The van der Waals surface area contributed by atoms with Crippen molar-refractivity contribution in [1.82, 2.24) is 29.7 Å². The molecule has 0 aliphatic carbocycles. The summed E-state index contributed by atoms with van der Waals surface area (Å²) in [6.07, 6.45) is 1.46. The topological polar surface area (TPSA) is 81.4 Å². The molecule has 0 bridgehead atoms. The molecule has 9 heteroatoms. The molecule has 0 atom stereocenters. The van der Waals surface area contributed by atoms with Crippen LogP contribution < -0.4 is 5.32 Å². The maximum absolute atomic E-state index is 5.75. The van der Waals surface area contributed by atoms with E-state index in [0.29, 0.717) is 16.3 Å². The molecule has 0 unspecified atom stereocenters. The molecule has 0 fully saturated rings. The third kappa shape index (κ3) is 2.39. The van der Waals surface area contributed by atoms with Gasteiger partial charge in [-0.25, -0.2) is 9.67 Å². The van der Waals surface area contributed by atoms with Crippen LogP contribution in [0.5, 0.6) is 0 Å². The molecule has 0 saturated carbocycles. The molecule has 2 aromatic rings. The van der Waals surface area contributed by atoms with Crippen molar-refractivity contribution < 1.29 is 0 Å². The highest BCUT2D eigenvalue weighted by Crippen LogP contribution is 2.22. The lowest BCUT2D eigenvalue weighted by Crippen LogP contribution is -2.01. The number of halogens is 1. The van der Waals surface area contributed by atoms with Gasteiger partial charge in [0.25, 0.3) is 0 Å². The minimum absolute atomic E-state index is 0.143. The Bertz CT molecular complexity index is 499. The highest BCUT2D eigenvalue weighted by atomic mass is 35.5.